The van der Waals surface area contributed by atoms with Crippen LogP contribution in [-0.2, 0) is 4.79 Å². The number of carbonyl (C=O) groups is 2. The van der Waals surface area contributed by atoms with Crippen LogP contribution in [0.2, 0.25) is 10.2 Å². The second-order valence-electron chi connectivity index (χ2n) is 7.87. The highest BCUT2D eigenvalue weighted by Crippen LogP contribution is 2.32. The number of pyridine rings is 1. The first-order valence-electron chi connectivity index (χ1n) is 10.2. The van der Waals surface area contributed by atoms with Gasteiger partial charge in [-0.2, -0.15) is 0 Å². The number of carbonyl (C=O) groups excluding carboxylic acids is 2. The molecule has 0 saturated carbocycles. The molecule has 2 aromatic carbocycles. The molecular formula is C24H19Cl2F2N3O2. The SMILES string of the molecule is O=C(Nc1cccc(Cl)c1)C1CN(C(=O)c2cccc(-c3cccc(Cl)n3)c2)CC(F)(F)C1. The quantitative estimate of drug-likeness (QED) is 0.471. The van der Waals surface area contributed by atoms with E-state index in [-0.39, 0.29) is 12.1 Å². The molecule has 1 saturated heterocycles. The van der Waals surface area contributed by atoms with Gasteiger partial charge in [0.1, 0.15) is 5.15 Å². The number of benzene rings is 2. The first kappa shape index (κ1) is 23.1. The number of piperidine rings is 1. The number of hydrogen-bond acceptors (Lipinski definition) is 3. The summed E-state index contributed by atoms with van der Waals surface area (Å²) in [5, 5.41) is 3.32. The maximum Gasteiger partial charge on any atom is 0.266 e. The summed E-state index contributed by atoms with van der Waals surface area (Å²) in [6, 6.07) is 18.0. The van der Waals surface area contributed by atoms with Crippen LogP contribution in [0, 0.1) is 5.92 Å². The van der Waals surface area contributed by atoms with E-state index in [1.54, 1.807) is 60.7 Å². The predicted molar refractivity (Wildman–Crippen MR) is 124 cm³/mol. The van der Waals surface area contributed by atoms with Crippen molar-refractivity contribution in [1.82, 2.24) is 9.88 Å². The van der Waals surface area contributed by atoms with Crippen molar-refractivity contribution in [2.75, 3.05) is 18.4 Å². The third-order valence-electron chi connectivity index (χ3n) is 5.28. The lowest BCUT2D eigenvalue weighted by molar-refractivity contribution is -0.130. The largest absolute Gasteiger partial charge is 0.332 e. The van der Waals surface area contributed by atoms with E-state index in [9.17, 15) is 18.4 Å². The molecule has 9 heteroatoms. The second kappa shape index (κ2) is 9.45. The summed E-state index contributed by atoms with van der Waals surface area (Å²) in [6.07, 6.45) is -0.643. The number of nitrogens with zero attached hydrogens (tertiary/aromatic N) is 2. The molecule has 0 bridgehead atoms. The summed E-state index contributed by atoms with van der Waals surface area (Å²) in [5.74, 6) is -5.45. The number of likely N-dealkylation sites (tertiary alicyclic amines) is 1. The number of hydrogen-bond donors (Lipinski definition) is 1. The highest BCUT2D eigenvalue weighted by molar-refractivity contribution is 6.31. The van der Waals surface area contributed by atoms with Gasteiger partial charge in [0.25, 0.3) is 11.8 Å². The highest BCUT2D eigenvalue weighted by atomic mass is 35.5. The first-order chi connectivity index (χ1) is 15.7. The Bertz CT molecular complexity index is 1210. The van der Waals surface area contributed by atoms with Gasteiger partial charge in [0.05, 0.1) is 18.2 Å². The van der Waals surface area contributed by atoms with Crippen molar-refractivity contribution in [3.63, 3.8) is 0 Å². The molecular weight excluding hydrogens is 471 g/mol. The van der Waals surface area contributed by atoms with E-state index in [2.05, 4.69) is 10.3 Å². The topological polar surface area (TPSA) is 62.3 Å². The number of nitrogens with one attached hydrogen (secondary N) is 1. The zero-order chi connectivity index (χ0) is 23.6. The van der Waals surface area contributed by atoms with Crippen molar-refractivity contribution < 1.29 is 18.4 Å². The van der Waals surface area contributed by atoms with Gasteiger partial charge in [-0.05, 0) is 42.5 Å². The zero-order valence-corrected chi connectivity index (χ0v) is 18.8. The number of anilines is 1. The Morgan fingerprint density at radius 2 is 1.79 bits per heavy atom. The summed E-state index contributed by atoms with van der Waals surface area (Å²) in [6.45, 7) is -0.882. The molecule has 1 aromatic heterocycles. The zero-order valence-electron chi connectivity index (χ0n) is 17.3. The standard InChI is InChI=1S/C24H19Cl2F2N3O2/c25-18-6-2-7-19(11-18)29-22(32)17-12-24(27,28)14-31(13-17)23(33)16-5-1-4-15(10-16)20-8-3-9-21(26)30-20/h1-11,17H,12-14H2,(H,29,32). The lowest BCUT2D eigenvalue weighted by Crippen LogP contribution is -2.52. The third-order valence-corrected chi connectivity index (χ3v) is 5.72. The van der Waals surface area contributed by atoms with Gasteiger partial charge in [-0.3, -0.25) is 9.59 Å². The monoisotopic (exact) mass is 489 g/mol. The Hall–Kier alpha value is -3.03. The van der Waals surface area contributed by atoms with E-state index < -0.39 is 36.6 Å². The lowest BCUT2D eigenvalue weighted by atomic mass is 9.93. The minimum atomic E-state index is -3.20. The summed E-state index contributed by atoms with van der Waals surface area (Å²) < 4.78 is 29.0. The van der Waals surface area contributed by atoms with Crippen LogP contribution in [0.4, 0.5) is 14.5 Å². The highest BCUT2D eigenvalue weighted by Gasteiger charge is 2.44. The van der Waals surface area contributed by atoms with Gasteiger partial charge in [0, 0.05) is 34.8 Å². The summed E-state index contributed by atoms with van der Waals surface area (Å²) in [4.78, 5) is 31.0. The van der Waals surface area contributed by atoms with Gasteiger partial charge in [-0.15, -0.1) is 0 Å². The fraction of sp³-hybridized carbons (Fsp3) is 0.208. The second-order valence-corrected chi connectivity index (χ2v) is 8.69. The van der Waals surface area contributed by atoms with E-state index in [4.69, 9.17) is 23.2 Å². The van der Waals surface area contributed by atoms with E-state index in [0.717, 1.165) is 4.90 Å². The van der Waals surface area contributed by atoms with E-state index in [1.807, 2.05) is 0 Å². The Morgan fingerprint density at radius 3 is 2.55 bits per heavy atom. The van der Waals surface area contributed by atoms with Crippen molar-refractivity contribution in [2.45, 2.75) is 12.3 Å². The lowest BCUT2D eigenvalue weighted by Gasteiger charge is -2.37. The molecule has 170 valence electrons. The van der Waals surface area contributed by atoms with Gasteiger partial charge < -0.3 is 10.2 Å². The van der Waals surface area contributed by atoms with Gasteiger partial charge in [-0.25, -0.2) is 13.8 Å². The Morgan fingerprint density at radius 1 is 1.03 bits per heavy atom. The van der Waals surface area contributed by atoms with Crippen LogP contribution >= 0.6 is 23.2 Å². The minimum absolute atomic E-state index is 0.125. The molecule has 33 heavy (non-hydrogen) atoms. The van der Waals surface area contributed by atoms with Gasteiger partial charge in [0.15, 0.2) is 0 Å². The van der Waals surface area contributed by atoms with Crippen LogP contribution in [0.3, 0.4) is 0 Å². The van der Waals surface area contributed by atoms with Crippen LogP contribution in [0.1, 0.15) is 16.8 Å². The summed E-state index contributed by atoms with van der Waals surface area (Å²) in [5.41, 5.74) is 1.81. The Labute approximate surface area is 199 Å². The summed E-state index contributed by atoms with van der Waals surface area (Å²) >= 11 is 11.9. The molecule has 1 N–H and O–H groups in total. The average molecular weight is 490 g/mol. The first-order valence-corrected chi connectivity index (χ1v) is 10.9. The van der Waals surface area contributed by atoms with E-state index in [0.29, 0.717) is 27.1 Å². The molecule has 2 amide bonds. The number of alkyl halides is 2. The normalized spacial score (nSPS) is 17.5. The van der Waals surface area contributed by atoms with Crippen molar-refractivity contribution >= 4 is 40.7 Å². The molecule has 0 spiro atoms. The summed E-state index contributed by atoms with van der Waals surface area (Å²) in [7, 11) is 0. The van der Waals surface area contributed by atoms with Crippen LogP contribution in [0.25, 0.3) is 11.3 Å². The predicted octanol–water partition coefficient (Wildman–Crippen LogP) is 5.79. The molecule has 1 aliphatic heterocycles. The third kappa shape index (κ3) is 5.67. The fourth-order valence-electron chi connectivity index (χ4n) is 3.80. The van der Waals surface area contributed by atoms with Crippen LogP contribution in [0.5, 0.6) is 0 Å². The minimum Gasteiger partial charge on any atom is -0.332 e. The molecule has 5 nitrogen and oxygen atoms in total. The Balaban J connectivity index is 1.54. The van der Waals surface area contributed by atoms with Crippen molar-refractivity contribution in [3.05, 3.63) is 82.5 Å². The van der Waals surface area contributed by atoms with Crippen LogP contribution in [-0.4, -0.2) is 40.7 Å². The average Bonchev–Trinajstić information content (AvgIpc) is 2.77. The van der Waals surface area contributed by atoms with Gasteiger partial charge in [0.2, 0.25) is 5.91 Å². The van der Waals surface area contributed by atoms with E-state index in [1.165, 1.54) is 6.07 Å². The van der Waals surface area contributed by atoms with Gasteiger partial charge in [-0.1, -0.05) is 47.5 Å². The fourth-order valence-corrected chi connectivity index (χ4v) is 4.16. The maximum atomic E-state index is 14.5. The van der Waals surface area contributed by atoms with Crippen molar-refractivity contribution in [3.8, 4) is 11.3 Å². The van der Waals surface area contributed by atoms with Crippen LogP contribution in [0.15, 0.2) is 66.7 Å². The molecule has 4 rings (SSSR count). The number of aromatic nitrogens is 1. The molecule has 1 atom stereocenters. The molecule has 3 aromatic rings. The van der Waals surface area contributed by atoms with Crippen molar-refractivity contribution in [2.24, 2.45) is 5.92 Å². The molecule has 1 fully saturated rings. The molecule has 0 radical (unpaired) electrons. The van der Waals surface area contributed by atoms with Crippen LogP contribution < -0.4 is 5.32 Å². The Kier molecular flexibility index (Phi) is 6.63. The van der Waals surface area contributed by atoms with Gasteiger partial charge >= 0.3 is 0 Å². The molecule has 0 aliphatic carbocycles. The number of halogens is 4. The number of amides is 2. The number of rotatable bonds is 4. The molecule has 2 heterocycles. The smallest absolute Gasteiger partial charge is 0.266 e. The molecule has 1 unspecified atom stereocenters. The molecule has 1 aliphatic rings. The van der Waals surface area contributed by atoms with Crippen molar-refractivity contribution in [1.29, 1.82) is 0 Å². The maximum absolute atomic E-state index is 14.5. The van der Waals surface area contributed by atoms with E-state index >= 15 is 0 Å².